The van der Waals surface area contributed by atoms with Crippen LogP contribution in [-0.4, -0.2) is 54.1 Å². The van der Waals surface area contributed by atoms with Gasteiger partial charge in [-0.3, -0.25) is 4.31 Å². The fourth-order valence-corrected chi connectivity index (χ4v) is 6.94. The molecular weight excluding hydrogens is 529 g/mol. The lowest BCUT2D eigenvalue weighted by molar-refractivity contribution is 0.0424. The van der Waals surface area contributed by atoms with Crippen molar-refractivity contribution in [2.75, 3.05) is 17.4 Å². The lowest BCUT2D eigenvalue weighted by atomic mass is 9.88. The van der Waals surface area contributed by atoms with Crippen LogP contribution in [0, 0.1) is 0 Å². The van der Waals surface area contributed by atoms with Crippen molar-refractivity contribution in [1.82, 2.24) is 15.1 Å². The van der Waals surface area contributed by atoms with Crippen LogP contribution < -0.4 is 4.31 Å². The Morgan fingerprint density at radius 1 is 1.08 bits per heavy atom. The maximum Gasteiger partial charge on any atom is 0.314 e. The van der Waals surface area contributed by atoms with Crippen molar-refractivity contribution < 1.29 is 26.0 Å². The summed E-state index contributed by atoms with van der Waals surface area (Å²) in [5, 5.41) is 6.82. The van der Waals surface area contributed by atoms with Crippen molar-refractivity contribution in [3.63, 3.8) is 0 Å². The van der Waals surface area contributed by atoms with E-state index >= 15 is 0 Å². The first-order valence-corrected chi connectivity index (χ1v) is 13.9. The zero-order valence-corrected chi connectivity index (χ0v) is 21.4. The summed E-state index contributed by atoms with van der Waals surface area (Å²) in [6.45, 7) is 1.29. The van der Waals surface area contributed by atoms with Gasteiger partial charge in [0.25, 0.3) is 5.89 Å². The molecule has 0 N–H and O–H groups in total. The number of hydrogen-bond donors (Lipinski definition) is 0. The molecule has 1 saturated carbocycles. The first kappa shape index (κ1) is 26.0. The van der Waals surface area contributed by atoms with Crippen LogP contribution in [0.15, 0.2) is 52.9 Å². The van der Waals surface area contributed by atoms with E-state index in [-0.39, 0.29) is 18.5 Å². The van der Waals surface area contributed by atoms with Crippen molar-refractivity contribution >= 4 is 27.3 Å². The van der Waals surface area contributed by atoms with E-state index in [0.717, 1.165) is 0 Å². The maximum atomic E-state index is 13.9. The minimum Gasteiger partial charge on any atom is -0.415 e. The number of halogens is 4. The van der Waals surface area contributed by atoms with Gasteiger partial charge in [-0.15, -0.1) is 10.2 Å². The predicted molar refractivity (Wildman–Crippen MR) is 134 cm³/mol. The van der Waals surface area contributed by atoms with Crippen molar-refractivity contribution in [1.29, 1.82) is 0 Å². The third-order valence-corrected chi connectivity index (χ3v) is 9.53. The molecule has 7 nitrogen and oxygen atoms in total. The Kier molecular flexibility index (Phi) is 7.46. The highest BCUT2D eigenvalue weighted by atomic mass is 35.5. The van der Waals surface area contributed by atoms with Gasteiger partial charge < -0.3 is 9.32 Å². The molecule has 5 rings (SSSR count). The summed E-state index contributed by atoms with van der Waals surface area (Å²) in [6, 6.07) is 13.5. The number of anilines is 1. The van der Waals surface area contributed by atoms with E-state index in [1.54, 1.807) is 48.5 Å². The zero-order valence-electron chi connectivity index (χ0n) is 19.8. The lowest BCUT2D eigenvalue weighted by Crippen LogP contribution is -2.52. The minimum absolute atomic E-state index is 0.0431. The quantitative estimate of drug-likeness (QED) is 0.359. The largest absolute Gasteiger partial charge is 0.415 e. The molecule has 0 amide bonds. The van der Waals surface area contributed by atoms with Crippen LogP contribution >= 0.6 is 11.6 Å². The third-order valence-electron chi connectivity index (χ3n) is 7.03. The van der Waals surface area contributed by atoms with Crippen LogP contribution in [0.5, 0.6) is 0 Å². The lowest BCUT2D eigenvalue weighted by Gasteiger charge is -2.43. The van der Waals surface area contributed by atoms with Crippen LogP contribution in [0.4, 0.5) is 18.9 Å². The van der Waals surface area contributed by atoms with Crippen molar-refractivity contribution in [2.45, 2.75) is 56.1 Å². The minimum atomic E-state index is -3.76. The Morgan fingerprint density at radius 3 is 2.38 bits per heavy atom. The summed E-state index contributed by atoms with van der Waals surface area (Å²) >= 11 is 6.19. The molecule has 2 heterocycles. The summed E-state index contributed by atoms with van der Waals surface area (Å²) in [5.41, 5.74) is 1.58. The smallest absolute Gasteiger partial charge is 0.314 e. The number of nitrogens with zero attached hydrogens (tertiary/aromatic N) is 4. The number of aromatic nitrogens is 2. The van der Waals surface area contributed by atoms with E-state index in [1.807, 2.05) is 0 Å². The fraction of sp³-hybridized carbons (Fsp3) is 0.440. The molecule has 1 aliphatic heterocycles. The second-order valence-electron chi connectivity index (χ2n) is 9.43. The Hall–Kier alpha value is -2.63. The summed E-state index contributed by atoms with van der Waals surface area (Å²) < 4.78 is 72.9. The topological polar surface area (TPSA) is 79.5 Å². The molecule has 12 heteroatoms. The average molecular weight is 555 g/mol. The highest BCUT2D eigenvalue weighted by Crippen LogP contribution is 2.34. The molecule has 0 spiro atoms. The van der Waals surface area contributed by atoms with Crippen LogP contribution in [0.3, 0.4) is 0 Å². The first-order valence-electron chi connectivity index (χ1n) is 12.1. The number of likely N-dealkylation sites (tertiary alicyclic amines) is 1. The molecule has 3 aromatic rings. The normalized spacial score (nSPS) is 21.2. The third kappa shape index (κ3) is 5.63. The van der Waals surface area contributed by atoms with Gasteiger partial charge in [-0.05, 0) is 74.7 Å². The summed E-state index contributed by atoms with van der Waals surface area (Å²) in [7, 11) is -3.76. The van der Waals surface area contributed by atoms with Gasteiger partial charge in [0.1, 0.15) is 6.17 Å². The molecule has 1 aromatic heterocycles. The van der Waals surface area contributed by atoms with Gasteiger partial charge in [0.05, 0.1) is 17.5 Å². The van der Waals surface area contributed by atoms with E-state index in [0.29, 0.717) is 60.6 Å². The van der Waals surface area contributed by atoms with E-state index in [9.17, 15) is 21.6 Å². The molecule has 0 radical (unpaired) electrons. The van der Waals surface area contributed by atoms with Crippen LogP contribution in [0.1, 0.15) is 43.6 Å². The molecule has 1 aliphatic carbocycles. The fourth-order valence-electron chi connectivity index (χ4n) is 4.86. The predicted octanol–water partition coefficient (Wildman–Crippen LogP) is 5.63. The number of rotatable bonds is 8. The van der Waals surface area contributed by atoms with Gasteiger partial charge in [-0.2, -0.15) is 8.78 Å². The van der Waals surface area contributed by atoms with Gasteiger partial charge in [-0.1, -0.05) is 29.8 Å². The van der Waals surface area contributed by atoms with Crippen LogP contribution in [-0.2, 0) is 16.6 Å². The highest BCUT2D eigenvalue weighted by molar-refractivity contribution is 7.93. The first-order chi connectivity index (χ1) is 17.7. The van der Waals surface area contributed by atoms with E-state index < -0.39 is 33.8 Å². The number of hydrogen-bond acceptors (Lipinski definition) is 6. The van der Waals surface area contributed by atoms with Crippen LogP contribution in [0.2, 0.25) is 5.02 Å². The second-order valence-corrected chi connectivity index (χ2v) is 12.0. The molecular formula is C25H26ClF3N4O3S. The molecule has 37 heavy (non-hydrogen) atoms. The summed E-state index contributed by atoms with van der Waals surface area (Å²) in [4.78, 5) is 2.20. The zero-order chi connectivity index (χ0) is 26.2. The van der Waals surface area contributed by atoms with Gasteiger partial charge in [0.15, 0.2) is 0 Å². The SMILES string of the molecule is O=S(=O)(C1CCN(C2CC(F)C2)CC1)N(Cc1ccc(-c2nnc(C(F)F)o2)cc1)c1cccc(Cl)c1. The maximum absolute atomic E-state index is 13.9. The number of piperidine rings is 1. The highest BCUT2D eigenvalue weighted by Gasteiger charge is 2.40. The molecule has 2 aliphatic rings. The number of benzene rings is 2. The summed E-state index contributed by atoms with van der Waals surface area (Å²) in [5.74, 6) is -0.802. The van der Waals surface area contributed by atoms with Crippen molar-refractivity contribution in [3.8, 4) is 11.5 Å². The van der Waals surface area contributed by atoms with Crippen LogP contribution in [0.25, 0.3) is 11.5 Å². The molecule has 1 saturated heterocycles. The Morgan fingerprint density at radius 2 is 1.78 bits per heavy atom. The summed E-state index contributed by atoms with van der Waals surface area (Å²) in [6.07, 6.45) is -1.63. The molecule has 2 aromatic carbocycles. The van der Waals surface area contributed by atoms with Crippen molar-refractivity contribution in [2.24, 2.45) is 0 Å². The van der Waals surface area contributed by atoms with Gasteiger partial charge in [-0.25, -0.2) is 12.8 Å². The van der Waals surface area contributed by atoms with Gasteiger partial charge >= 0.3 is 6.43 Å². The molecule has 0 unspecified atom stereocenters. The van der Waals surface area contributed by atoms with E-state index in [1.165, 1.54) is 4.31 Å². The average Bonchev–Trinajstić information content (AvgIpc) is 3.37. The monoisotopic (exact) mass is 554 g/mol. The standard InChI is InChI=1S/C25H26ClF3N4O3S/c26-18-2-1-3-20(12-18)33(37(34,35)22-8-10-32(11-9-22)21-13-19(27)14-21)15-16-4-6-17(7-5-16)24-30-31-25(36-24)23(28)29/h1-7,12,19,21-23H,8-11,13-15H2. The van der Waals surface area contributed by atoms with Crippen molar-refractivity contribution in [3.05, 3.63) is 65.0 Å². The molecule has 2 fully saturated rings. The molecule has 0 bridgehead atoms. The van der Waals surface area contributed by atoms with E-state index in [4.69, 9.17) is 16.0 Å². The Balaban J connectivity index is 1.35. The number of sulfonamides is 1. The van der Waals surface area contributed by atoms with Gasteiger partial charge in [0, 0.05) is 16.6 Å². The molecule has 198 valence electrons. The number of alkyl halides is 3. The van der Waals surface area contributed by atoms with E-state index in [2.05, 4.69) is 15.1 Å². The Bertz CT molecular complexity index is 1320. The van der Waals surface area contributed by atoms with Gasteiger partial charge in [0.2, 0.25) is 15.9 Å². The second kappa shape index (κ2) is 10.6. The Labute approximate surface area is 218 Å². The molecule has 0 atom stereocenters.